The maximum absolute atomic E-state index is 5.89. The summed E-state index contributed by atoms with van der Waals surface area (Å²) in [4.78, 5) is 4.12. The molecule has 5 heteroatoms. The predicted molar refractivity (Wildman–Crippen MR) is 87.7 cm³/mol. The molecule has 100 valence electrons. The van der Waals surface area contributed by atoms with Crippen molar-refractivity contribution < 1.29 is 0 Å². The summed E-state index contributed by atoms with van der Waals surface area (Å²) in [7, 11) is 0. The smallest absolute Gasteiger partial charge is 0.143 e. The molecule has 1 aromatic carbocycles. The van der Waals surface area contributed by atoms with Crippen LogP contribution in [0.3, 0.4) is 0 Å². The molecule has 2 rings (SSSR count). The zero-order valence-corrected chi connectivity index (χ0v) is 14.3. The third kappa shape index (κ3) is 3.94. The molecule has 0 aliphatic heterocycles. The van der Waals surface area contributed by atoms with E-state index in [0.29, 0.717) is 5.15 Å². The molecule has 0 radical (unpaired) electrons. The van der Waals surface area contributed by atoms with Crippen molar-refractivity contribution in [3.63, 3.8) is 0 Å². The van der Waals surface area contributed by atoms with Crippen molar-refractivity contribution in [1.29, 1.82) is 0 Å². The first-order chi connectivity index (χ1) is 9.10. The van der Waals surface area contributed by atoms with Crippen molar-refractivity contribution in [3.8, 4) is 0 Å². The highest BCUT2D eigenvalue weighted by Crippen LogP contribution is 2.27. The second-order valence-electron chi connectivity index (χ2n) is 4.15. The van der Waals surface area contributed by atoms with Crippen LogP contribution in [0.1, 0.15) is 24.9 Å². The van der Waals surface area contributed by atoms with Gasteiger partial charge in [-0.1, -0.05) is 46.6 Å². The maximum Gasteiger partial charge on any atom is 0.143 e. The van der Waals surface area contributed by atoms with Gasteiger partial charge in [0.05, 0.1) is 22.4 Å². The number of nitrogens with one attached hydrogen (secondary N) is 1. The summed E-state index contributed by atoms with van der Waals surface area (Å²) < 4.78 is 1.88. The topological polar surface area (TPSA) is 24.9 Å². The first-order valence-corrected chi connectivity index (χ1v) is 7.89. The molecule has 0 fully saturated rings. The first kappa shape index (κ1) is 14.8. The Labute approximate surface area is 134 Å². The molecular formula is C14H13Br2ClN2. The Hall–Kier alpha value is -0.580. The standard InChI is InChI=1S/C14H13Br2ClN2/c1-2-13(9-3-5-10(15)6-4-9)19-11-7-12(16)14(17)18-8-11/h3-8,13,19H,2H2,1H3. The van der Waals surface area contributed by atoms with E-state index in [0.717, 1.165) is 21.1 Å². The van der Waals surface area contributed by atoms with Crippen molar-refractivity contribution >= 4 is 49.1 Å². The maximum atomic E-state index is 5.89. The summed E-state index contributed by atoms with van der Waals surface area (Å²) >= 11 is 12.7. The van der Waals surface area contributed by atoms with Crippen LogP contribution in [-0.4, -0.2) is 4.98 Å². The lowest BCUT2D eigenvalue weighted by atomic mass is 10.0. The largest absolute Gasteiger partial charge is 0.377 e. The van der Waals surface area contributed by atoms with Crippen molar-refractivity contribution in [3.05, 3.63) is 56.2 Å². The van der Waals surface area contributed by atoms with Gasteiger partial charge in [0, 0.05) is 4.47 Å². The zero-order chi connectivity index (χ0) is 13.8. The fourth-order valence-electron chi connectivity index (χ4n) is 1.82. The van der Waals surface area contributed by atoms with Crippen LogP contribution in [0.15, 0.2) is 45.5 Å². The lowest BCUT2D eigenvalue weighted by molar-refractivity contribution is 0.748. The summed E-state index contributed by atoms with van der Waals surface area (Å²) in [5, 5.41) is 3.94. The molecular weight excluding hydrogens is 391 g/mol. The number of nitrogens with zero attached hydrogens (tertiary/aromatic N) is 1. The zero-order valence-electron chi connectivity index (χ0n) is 10.3. The van der Waals surface area contributed by atoms with E-state index < -0.39 is 0 Å². The molecule has 0 saturated carbocycles. The Morgan fingerprint density at radius 2 is 1.95 bits per heavy atom. The summed E-state index contributed by atoms with van der Waals surface area (Å²) in [5.41, 5.74) is 2.20. The Kier molecular flexibility index (Phi) is 5.25. The average Bonchev–Trinajstić information content (AvgIpc) is 2.41. The molecule has 19 heavy (non-hydrogen) atoms. The van der Waals surface area contributed by atoms with Crippen LogP contribution in [0.5, 0.6) is 0 Å². The average molecular weight is 405 g/mol. The van der Waals surface area contributed by atoms with Gasteiger partial charge in [0.15, 0.2) is 0 Å². The second kappa shape index (κ2) is 6.73. The highest BCUT2D eigenvalue weighted by Gasteiger charge is 2.10. The van der Waals surface area contributed by atoms with Gasteiger partial charge in [0.25, 0.3) is 0 Å². The fraction of sp³-hybridized carbons (Fsp3) is 0.214. The minimum atomic E-state index is 0.253. The highest BCUT2D eigenvalue weighted by molar-refractivity contribution is 9.10. The van der Waals surface area contributed by atoms with Crippen molar-refractivity contribution in [2.75, 3.05) is 5.32 Å². The van der Waals surface area contributed by atoms with Crippen LogP contribution in [-0.2, 0) is 0 Å². The molecule has 1 atom stereocenters. The van der Waals surface area contributed by atoms with Crippen molar-refractivity contribution in [1.82, 2.24) is 4.98 Å². The SMILES string of the molecule is CCC(Nc1cnc(Cl)c(Br)c1)c1ccc(Br)cc1. The molecule has 1 N–H and O–H groups in total. The predicted octanol–water partition coefficient (Wildman–Crippen LogP) is 5.82. The van der Waals surface area contributed by atoms with Gasteiger partial charge in [-0.25, -0.2) is 4.98 Å². The quantitative estimate of drug-likeness (QED) is 0.649. The van der Waals surface area contributed by atoms with E-state index in [9.17, 15) is 0 Å². The summed E-state index contributed by atoms with van der Waals surface area (Å²) in [5.74, 6) is 0. The Balaban J connectivity index is 2.18. The normalized spacial score (nSPS) is 12.2. The molecule has 0 amide bonds. The molecule has 1 aromatic heterocycles. The molecule has 0 saturated heterocycles. The van der Waals surface area contributed by atoms with Gasteiger partial charge in [0.1, 0.15) is 5.15 Å². The lowest BCUT2D eigenvalue weighted by Gasteiger charge is -2.19. The van der Waals surface area contributed by atoms with E-state index in [1.165, 1.54) is 5.56 Å². The van der Waals surface area contributed by atoms with Crippen molar-refractivity contribution in [2.24, 2.45) is 0 Å². The molecule has 0 aliphatic rings. The Morgan fingerprint density at radius 3 is 2.53 bits per heavy atom. The molecule has 1 unspecified atom stereocenters. The molecule has 1 heterocycles. The minimum absolute atomic E-state index is 0.253. The first-order valence-electron chi connectivity index (χ1n) is 5.93. The minimum Gasteiger partial charge on any atom is -0.377 e. The van der Waals surface area contributed by atoms with E-state index in [1.807, 2.05) is 6.07 Å². The van der Waals surface area contributed by atoms with E-state index in [-0.39, 0.29) is 6.04 Å². The second-order valence-corrected chi connectivity index (χ2v) is 6.28. The summed E-state index contributed by atoms with van der Waals surface area (Å²) in [6.07, 6.45) is 2.73. The number of hydrogen-bond acceptors (Lipinski definition) is 2. The van der Waals surface area contributed by atoms with Gasteiger partial charge in [-0.2, -0.15) is 0 Å². The van der Waals surface area contributed by atoms with Gasteiger partial charge in [-0.3, -0.25) is 0 Å². The van der Waals surface area contributed by atoms with Crippen LogP contribution >= 0.6 is 43.5 Å². The van der Waals surface area contributed by atoms with E-state index in [4.69, 9.17) is 11.6 Å². The van der Waals surface area contributed by atoms with E-state index in [1.54, 1.807) is 6.20 Å². The molecule has 0 bridgehead atoms. The number of benzene rings is 1. The van der Waals surface area contributed by atoms with Crippen molar-refractivity contribution in [2.45, 2.75) is 19.4 Å². The number of rotatable bonds is 4. The highest BCUT2D eigenvalue weighted by atomic mass is 79.9. The lowest BCUT2D eigenvalue weighted by Crippen LogP contribution is -2.09. The van der Waals surface area contributed by atoms with Gasteiger partial charge in [-0.15, -0.1) is 0 Å². The number of pyridine rings is 1. The monoisotopic (exact) mass is 402 g/mol. The van der Waals surface area contributed by atoms with Gasteiger partial charge in [0.2, 0.25) is 0 Å². The third-order valence-electron chi connectivity index (χ3n) is 2.82. The van der Waals surface area contributed by atoms with Gasteiger partial charge >= 0.3 is 0 Å². The number of halogens is 3. The summed E-state index contributed by atoms with van der Waals surface area (Å²) in [6, 6.07) is 10.5. The number of anilines is 1. The Bertz CT molecular complexity index is 558. The van der Waals surface area contributed by atoms with Crippen LogP contribution in [0.25, 0.3) is 0 Å². The van der Waals surface area contributed by atoms with Gasteiger partial charge < -0.3 is 5.32 Å². The van der Waals surface area contributed by atoms with E-state index in [2.05, 4.69) is 73.3 Å². The molecule has 2 aromatic rings. The van der Waals surface area contributed by atoms with Crippen LogP contribution in [0.2, 0.25) is 5.15 Å². The summed E-state index contributed by atoms with van der Waals surface area (Å²) in [6.45, 7) is 2.15. The van der Waals surface area contributed by atoms with Gasteiger partial charge in [-0.05, 0) is 46.1 Å². The fourth-order valence-corrected chi connectivity index (χ4v) is 2.53. The Morgan fingerprint density at radius 1 is 1.26 bits per heavy atom. The van der Waals surface area contributed by atoms with Crippen LogP contribution in [0.4, 0.5) is 5.69 Å². The third-order valence-corrected chi connectivity index (χ3v) is 4.48. The number of hydrogen-bond donors (Lipinski definition) is 1. The van der Waals surface area contributed by atoms with Crippen LogP contribution < -0.4 is 5.32 Å². The van der Waals surface area contributed by atoms with E-state index >= 15 is 0 Å². The van der Waals surface area contributed by atoms with Crippen LogP contribution in [0, 0.1) is 0 Å². The number of aromatic nitrogens is 1. The molecule has 2 nitrogen and oxygen atoms in total. The molecule has 0 aliphatic carbocycles. The molecule has 0 spiro atoms.